The highest BCUT2D eigenvalue weighted by atomic mass is 16.5. The molecule has 2 rings (SSSR count). The lowest BCUT2D eigenvalue weighted by molar-refractivity contribution is -0.00491. The fourth-order valence-corrected chi connectivity index (χ4v) is 2.39. The van der Waals surface area contributed by atoms with Crippen molar-refractivity contribution in [2.24, 2.45) is 0 Å². The van der Waals surface area contributed by atoms with Gasteiger partial charge in [0.25, 0.3) is 0 Å². The number of urea groups is 1. The zero-order chi connectivity index (χ0) is 14.6. The van der Waals surface area contributed by atoms with Crippen molar-refractivity contribution >= 4 is 11.7 Å². The summed E-state index contributed by atoms with van der Waals surface area (Å²) in [5, 5.41) is 10.6. The van der Waals surface area contributed by atoms with E-state index in [1.54, 1.807) is 19.4 Å². The number of likely N-dealkylation sites (tertiary alicyclic amines) is 1. The Labute approximate surface area is 119 Å². The van der Waals surface area contributed by atoms with Crippen LogP contribution in [0.25, 0.3) is 0 Å². The van der Waals surface area contributed by atoms with Crippen molar-refractivity contribution in [1.29, 1.82) is 0 Å². The molecule has 1 N–H and O–H groups in total. The number of carbonyl (C=O) groups excluding carboxylic acids is 1. The second-order valence-electron chi connectivity index (χ2n) is 5.46. The molecule has 0 aromatic carbocycles. The molecule has 20 heavy (non-hydrogen) atoms. The largest absolute Gasteiger partial charge is 0.378 e. The van der Waals surface area contributed by atoms with Crippen LogP contribution in [0.2, 0.25) is 0 Å². The molecule has 0 aliphatic carbocycles. The molecule has 1 fully saturated rings. The molecule has 1 aliphatic rings. The summed E-state index contributed by atoms with van der Waals surface area (Å²) in [6.07, 6.45) is 4.35. The minimum atomic E-state index is -0.122. The van der Waals surface area contributed by atoms with Gasteiger partial charge in [-0.15, -0.1) is 0 Å². The van der Waals surface area contributed by atoms with Gasteiger partial charge in [-0.25, -0.2) is 4.79 Å². The molecule has 1 aromatic rings. The van der Waals surface area contributed by atoms with Gasteiger partial charge in [-0.2, -0.15) is 10.2 Å². The third-order valence-corrected chi connectivity index (χ3v) is 3.97. The first kappa shape index (κ1) is 14.7. The van der Waals surface area contributed by atoms with Gasteiger partial charge in [0.05, 0.1) is 23.2 Å². The van der Waals surface area contributed by atoms with Gasteiger partial charge in [0, 0.05) is 20.2 Å². The number of ether oxygens (including phenoxy) is 1. The Kier molecular flexibility index (Phi) is 4.54. The lowest BCUT2D eigenvalue weighted by Gasteiger charge is -2.26. The molecule has 2 amide bonds. The predicted molar refractivity (Wildman–Crippen MR) is 76.6 cm³/mol. The summed E-state index contributed by atoms with van der Waals surface area (Å²) >= 11 is 0. The molecule has 6 heteroatoms. The summed E-state index contributed by atoms with van der Waals surface area (Å²) in [4.78, 5) is 14.1. The lowest BCUT2D eigenvalue weighted by Crippen LogP contribution is -2.37. The van der Waals surface area contributed by atoms with Gasteiger partial charge in [0.15, 0.2) is 0 Å². The highest BCUT2D eigenvalue weighted by molar-refractivity contribution is 5.89. The van der Waals surface area contributed by atoms with Crippen LogP contribution < -0.4 is 5.32 Å². The average molecular weight is 278 g/mol. The standard InChI is InChI=1S/C14H22N4O2/c1-11-12(5-8-15-17-11)16-13(19)18-9-4-6-14(2,20-3)7-10-18/h5,8H,4,6-7,9-10H2,1-3H3,(H,15,16,19). The Morgan fingerprint density at radius 1 is 1.45 bits per heavy atom. The molecule has 1 atom stereocenters. The van der Waals surface area contributed by atoms with Gasteiger partial charge in [0.2, 0.25) is 0 Å². The number of rotatable bonds is 2. The first-order valence-corrected chi connectivity index (χ1v) is 6.93. The Morgan fingerprint density at radius 2 is 2.25 bits per heavy atom. The van der Waals surface area contributed by atoms with Crippen LogP contribution in [0.4, 0.5) is 10.5 Å². The first-order valence-electron chi connectivity index (χ1n) is 6.93. The topological polar surface area (TPSA) is 67.3 Å². The zero-order valence-corrected chi connectivity index (χ0v) is 12.3. The van der Waals surface area contributed by atoms with Crippen LogP contribution in [0.5, 0.6) is 0 Å². The van der Waals surface area contributed by atoms with E-state index in [0.717, 1.165) is 31.5 Å². The minimum absolute atomic E-state index is 0.0820. The Hall–Kier alpha value is -1.69. The molecule has 1 aliphatic heterocycles. The normalized spacial score (nSPS) is 23.2. The molecule has 1 saturated heterocycles. The number of aromatic nitrogens is 2. The molecule has 0 bridgehead atoms. The van der Waals surface area contributed by atoms with E-state index >= 15 is 0 Å². The van der Waals surface area contributed by atoms with E-state index in [4.69, 9.17) is 4.74 Å². The van der Waals surface area contributed by atoms with E-state index in [1.807, 2.05) is 11.8 Å². The van der Waals surface area contributed by atoms with E-state index in [2.05, 4.69) is 22.4 Å². The van der Waals surface area contributed by atoms with Crippen molar-refractivity contribution < 1.29 is 9.53 Å². The maximum Gasteiger partial charge on any atom is 0.321 e. The quantitative estimate of drug-likeness (QED) is 0.900. The number of hydrogen-bond donors (Lipinski definition) is 1. The molecule has 0 spiro atoms. The molecule has 6 nitrogen and oxygen atoms in total. The summed E-state index contributed by atoms with van der Waals surface area (Å²) in [6, 6.07) is 1.68. The molecule has 0 saturated carbocycles. The van der Waals surface area contributed by atoms with Crippen molar-refractivity contribution in [2.45, 2.75) is 38.7 Å². The number of carbonyl (C=O) groups is 1. The van der Waals surface area contributed by atoms with Gasteiger partial charge in [-0.1, -0.05) is 0 Å². The summed E-state index contributed by atoms with van der Waals surface area (Å²) in [5.74, 6) is 0. The monoisotopic (exact) mass is 278 g/mol. The number of amides is 2. The Morgan fingerprint density at radius 3 is 2.95 bits per heavy atom. The number of aryl methyl sites for hydroxylation is 1. The maximum atomic E-state index is 12.3. The average Bonchev–Trinajstić information content (AvgIpc) is 2.64. The molecule has 1 aromatic heterocycles. The molecule has 0 radical (unpaired) electrons. The summed E-state index contributed by atoms with van der Waals surface area (Å²) < 4.78 is 5.55. The number of nitrogens with zero attached hydrogens (tertiary/aromatic N) is 3. The van der Waals surface area contributed by atoms with Gasteiger partial charge in [0.1, 0.15) is 0 Å². The predicted octanol–water partition coefficient (Wildman–Crippen LogP) is 2.21. The lowest BCUT2D eigenvalue weighted by atomic mass is 9.97. The van der Waals surface area contributed by atoms with Crippen molar-refractivity contribution in [3.05, 3.63) is 18.0 Å². The summed E-state index contributed by atoms with van der Waals surface area (Å²) in [6.45, 7) is 5.38. The van der Waals surface area contributed by atoms with Crippen LogP contribution in [0.15, 0.2) is 12.3 Å². The van der Waals surface area contributed by atoms with Gasteiger partial charge < -0.3 is 15.0 Å². The van der Waals surface area contributed by atoms with E-state index in [9.17, 15) is 4.79 Å². The summed E-state index contributed by atoms with van der Waals surface area (Å²) in [5.41, 5.74) is 1.31. The van der Waals surface area contributed by atoms with Gasteiger partial charge in [-0.3, -0.25) is 0 Å². The first-order chi connectivity index (χ1) is 9.54. The third-order valence-electron chi connectivity index (χ3n) is 3.97. The van der Waals surface area contributed by atoms with Crippen LogP contribution in [0, 0.1) is 6.92 Å². The second-order valence-corrected chi connectivity index (χ2v) is 5.46. The summed E-state index contributed by atoms with van der Waals surface area (Å²) in [7, 11) is 1.74. The van der Waals surface area contributed by atoms with Crippen LogP contribution >= 0.6 is 0 Å². The van der Waals surface area contributed by atoms with E-state index in [1.165, 1.54) is 0 Å². The van der Waals surface area contributed by atoms with Crippen LogP contribution in [-0.2, 0) is 4.74 Å². The number of methoxy groups -OCH3 is 1. The van der Waals surface area contributed by atoms with Crippen molar-refractivity contribution in [2.75, 3.05) is 25.5 Å². The van der Waals surface area contributed by atoms with Gasteiger partial charge in [-0.05, 0) is 39.2 Å². The molecular weight excluding hydrogens is 256 g/mol. The Bertz CT molecular complexity index is 480. The zero-order valence-electron chi connectivity index (χ0n) is 12.3. The minimum Gasteiger partial charge on any atom is -0.378 e. The third kappa shape index (κ3) is 3.45. The molecule has 1 unspecified atom stereocenters. The fourth-order valence-electron chi connectivity index (χ4n) is 2.39. The highest BCUT2D eigenvalue weighted by Crippen LogP contribution is 2.25. The molecule has 2 heterocycles. The fraction of sp³-hybridized carbons (Fsp3) is 0.643. The number of hydrogen-bond acceptors (Lipinski definition) is 4. The smallest absolute Gasteiger partial charge is 0.321 e. The van der Waals surface area contributed by atoms with E-state index < -0.39 is 0 Å². The van der Waals surface area contributed by atoms with E-state index in [-0.39, 0.29) is 11.6 Å². The van der Waals surface area contributed by atoms with Crippen molar-refractivity contribution in [3.8, 4) is 0 Å². The van der Waals surface area contributed by atoms with Crippen molar-refractivity contribution in [3.63, 3.8) is 0 Å². The Balaban J connectivity index is 1.98. The van der Waals surface area contributed by atoms with Crippen molar-refractivity contribution in [1.82, 2.24) is 15.1 Å². The van der Waals surface area contributed by atoms with Crippen LogP contribution in [0.3, 0.4) is 0 Å². The molecule has 110 valence electrons. The maximum absolute atomic E-state index is 12.3. The van der Waals surface area contributed by atoms with Crippen LogP contribution in [0.1, 0.15) is 31.9 Å². The SMILES string of the molecule is COC1(C)CCCN(C(=O)Nc2ccnnc2C)CC1. The van der Waals surface area contributed by atoms with E-state index in [0.29, 0.717) is 12.2 Å². The highest BCUT2D eigenvalue weighted by Gasteiger charge is 2.29. The number of nitrogens with one attached hydrogen (secondary N) is 1. The molecular formula is C14H22N4O2. The second kappa shape index (κ2) is 6.17. The van der Waals surface area contributed by atoms with Gasteiger partial charge >= 0.3 is 6.03 Å². The van der Waals surface area contributed by atoms with Crippen LogP contribution in [-0.4, -0.2) is 46.9 Å². The number of anilines is 1.